The molecule has 0 saturated carbocycles. The lowest BCUT2D eigenvalue weighted by molar-refractivity contribution is 0.968. The number of aryl methyl sites for hydroxylation is 1. The normalized spacial score (nSPS) is 12.4. The third-order valence-electron chi connectivity index (χ3n) is 10.9. The van der Waals surface area contributed by atoms with Crippen LogP contribution >= 0.6 is 0 Å². The minimum Gasteiger partial charge on any atom is -0.310 e. The molecule has 0 spiro atoms. The standard InChI is InChI=1S/C52H38N2/c1-5-21-45-39(13-1)17-9-25-49(45)53(50-26-10-18-40-14-2-6-22-46(40)50)43-33-29-37(30-34-43)38-31-35-44(36-32-38)54(51-27-11-19-41-15-3-7-23-47(41)51)52-28-12-20-42-16-4-8-24-48(42)52/h1-11,13-19,21-36H,12,20H2. The largest absolute Gasteiger partial charge is 0.310 e. The average molecular weight is 691 g/mol. The number of nitrogens with zero attached hydrogens (tertiary/aromatic N) is 2. The zero-order valence-corrected chi connectivity index (χ0v) is 29.9. The van der Waals surface area contributed by atoms with Gasteiger partial charge in [-0.3, -0.25) is 0 Å². The summed E-state index contributed by atoms with van der Waals surface area (Å²) in [4.78, 5) is 4.87. The molecule has 0 saturated heterocycles. The minimum atomic E-state index is 1.02. The molecule has 256 valence electrons. The summed E-state index contributed by atoms with van der Waals surface area (Å²) in [5.41, 5.74) is 12.1. The lowest BCUT2D eigenvalue weighted by Gasteiger charge is -2.32. The van der Waals surface area contributed by atoms with E-state index in [4.69, 9.17) is 0 Å². The highest BCUT2D eigenvalue weighted by molar-refractivity contribution is 6.05. The monoisotopic (exact) mass is 690 g/mol. The van der Waals surface area contributed by atoms with Crippen LogP contribution in [0.25, 0.3) is 49.1 Å². The molecule has 0 heterocycles. The van der Waals surface area contributed by atoms with Gasteiger partial charge >= 0.3 is 0 Å². The molecule has 0 aliphatic heterocycles. The van der Waals surface area contributed by atoms with Crippen molar-refractivity contribution in [3.05, 3.63) is 217 Å². The van der Waals surface area contributed by atoms with Crippen molar-refractivity contribution >= 4 is 66.5 Å². The van der Waals surface area contributed by atoms with Crippen molar-refractivity contribution in [2.45, 2.75) is 12.8 Å². The molecule has 2 heteroatoms. The van der Waals surface area contributed by atoms with E-state index >= 15 is 0 Å². The molecule has 1 aliphatic carbocycles. The molecule has 0 N–H and O–H groups in total. The van der Waals surface area contributed by atoms with E-state index in [0.29, 0.717) is 0 Å². The van der Waals surface area contributed by atoms with E-state index in [1.165, 1.54) is 66.0 Å². The summed E-state index contributed by atoms with van der Waals surface area (Å²) >= 11 is 0. The Bertz CT molecular complexity index is 2740. The minimum absolute atomic E-state index is 1.02. The van der Waals surface area contributed by atoms with Crippen molar-refractivity contribution < 1.29 is 0 Å². The van der Waals surface area contributed by atoms with Crippen LogP contribution in [0.15, 0.2) is 206 Å². The summed E-state index contributed by atoms with van der Waals surface area (Å²) in [7, 11) is 0. The van der Waals surface area contributed by atoms with E-state index < -0.39 is 0 Å². The molecule has 9 aromatic carbocycles. The molecular weight excluding hydrogens is 653 g/mol. The second-order valence-corrected chi connectivity index (χ2v) is 14.0. The van der Waals surface area contributed by atoms with E-state index in [1.54, 1.807) is 0 Å². The maximum Gasteiger partial charge on any atom is 0.0540 e. The van der Waals surface area contributed by atoms with Gasteiger partial charge in [-0.25, -0.2) is 0 Å². The van der Waals surface area contributed by atoms with E-state index in [9.17, 15) is 0 Å². The fourth-order valence-corrected chi connectivity index (χ4v) is 8.31. The third kappa shape index (κ3) is 5.60. The predicted octanol–water partition coefficient (Wildman–Crippen LogP) is 14.4. The number of hydrogen-bond donors (Lipinski definition) is 0. The van der Waals surface area contributed by atoms with E-state index in [-0.39, 0.29) is 0 Å². The lowest BCUT2D eigenvalue weighted by Crippen LogP contribution is -2.19. The zero-order valence-electron chi connectivity index (χ0n) is 29.9. The fourth-order valence-electron chi connectivity index (χ4n) is 8.31. The van der Waals surface area contributed by atoms with Crippen molar-refractivity contribution in [2.75, 3.05) is 9.80 Å². The fraction of sp³-hybridized carbons (Fsp3) is 0.0385. The van der Waals surface area contributed by atoms with Crippen molar-refractivity contribution in [3.63, 3.8) is 0 Å². The Balaban J connectivity index is 1.05. The van der Waals surface area contributed by atoms with Crippen LogP contribution in [0.1, 0.15) is 17.5 Å². The topological polar surface area (TPSA) is 6.48 Å². The molecule has 9 aromatic rings. The van der Waals surface area contributed by atoms with Gasteiger partial charge in [-0.05, 0) is 88.2 Å². The Kier molecular flexibility index (Phi) is 8.00. The molecule has 10 rings (SSSR count). The van der Waals surface area contributed by atoms with Gasteiger partial charge in [0.25, 0.3) is 0 Å². The Morgan fingerprint density at radius 2 is 0.741 bits per heavy atom. The summed E-state index contributed by atoms with van der Waals surface area (Å²) < 4.78 is 0. The van der Waals surface area contributed by atoms with Crippen LogP contribution in [0.5, 0.6) is 0 Å². The average Bonchev–Trinajstić information content (AvgIpc) is 3.25. The van der Waals surface area contributed by atoms with Gasteiger partial charge in [-0.15, -0.1) is 0 Å². The maximum atomic E-state index is 2.46. The van der Waals surface area contributed by atoms with E-state index in [0.717, 1.165) is 35.6 Å². The number of fused-ring (bicyclic) bond motifs is 4. The molecule has 0 aromatic heterocycles. The molecule has 2 nitrogen and oxygen atoms in total. The van der Waals surface area contributed by atoms with Crippen molar-refractivity contribution in [2.24, 2.45) is 0 Å². The molecule has 54 heavy (non-hydrogen) atoms. The Morgan fingerprint density at radius 3 is 1.26 bits per heavy atom. The summed E-state index contributed by atoms with van der Waals surface area (Å²) in [6.07, 6.45) is 4.50. The second kappa shape index (κ2) is 13.6. The summed E-state index contributed by atoms with van der Waals surface area (Å²) in [5.74, 6) is 0. The highest BCUT2D eigenvalue weighted by Crippen LogP contribution is 2.44. The van der Waals surface area contributed by atoms with Crippen LogP contribution in [0.2, 0.25) is 0 Å². The van der Waals surface area contributed by atoms with Crippen LogP contribution in [0.3, 0.4) is 0 Å². The van der Waals surface area contributed by atoms with Gasteiger partial charge in [0.15, 0.2) is 0 Å². The lowest BCUT2D eigenvalue weighted by atomic mass is 9.93. The maximum absolute atomic E-state index is 2.46. The molecular formula is C52H38N2. The van der Waals surface area contributed by atoms with Crippen molar-refractivity contribution in [1.29, 1.82) is 0 Å². The first-order valence-electron chi connectivity index (χ1n) is 18.8. The predicted molar refractivity (Wildman–Crippen MR) is 230 cm³/mol. The zero-order chi connectivity index (χ0) is 35.8. The first-order valence-corrected chi connectivity index (χ1v) is 18.8. The molecule has 0 fully saturated rings. The summed E-state index contributed by atoms with van der Waals surface area (Å²) in [6.45, 7) is 0. The Morgan fingerprint density at radius 1 is 0.333 bits per heavy atom. The van der Waals surface area contributed by atoms with Crippen molar-refractivity contribution in [3.8, 4) is 11.1 Å². The molecule has 0 unspecified atom stereocenters. The number of benzene rings is 9. The summed E-state index contributed by atoms with van der Waals surface area (Å²) in [6, 6.07) is 72.8. The van der Waals surface area contributed by atoms with Crippen LogP contribution in [0, 0.1) is 0 Å². The highest BCUT2D eigenvalue weighted by Gasteiger charge is 2.23. The van der Waals surface area contributed by atoms with Gasteiger partial charge in [0.1, 0.15) is 0 Å². The van der Waals surface area contributed by atoms with Gasteiger partial charge in [0, 0.05) is 38.8 Å². The quantitative estimate of drug-likeness (QED) is 0.164. The number of allylic oxidation sites excluding steroid dienone is 1. The molecule has 1 aliphatic rings. The van der Waals surface area contributed by atoms with Gasteiger partial charge in [0.2, 0.25) is 0 Å². The first-order chi connectivity index (χ1) is 26.8. The van der Waals surface area contributed by atoms with Crippen molar-refractivity contribution in [1.82, 2.24) is 0 Å². The number of hydrogen-bond acceptors (Lipinski definition) is 2. The third-order valence-corrected chi connectivity index (χ3v) is 10.9. The smallest absolute Gasteiger partial charge is 0.0540 e. The molecule has 0 amide bonds. The van der Waals surface area contributed by atoms with Gasteiger partial charge in [0.05, 0.1) is 17.1 Å². The van der Waals surface area contributed by atoms with Gasteiger partial charge in [-0.2, -0.15) is 0 Å². The first kappa shape index (κ1) is 31.8. The van der Waals surface area contributed by atoms with E-state index in [2.05, 4.69) is 216 Å². The Hall–Kier alpha value is -6.90. The molecule has 0 atom stereocenters. The second-order valence-electron chi connectivity index (χ2n) is 14.0. The van der Waals surface area contributed by atoms with Crippen LogP contribution < -0.4 is 9.80 Å². The Labute approximate surface area is 316 Å². The van der Waals surface area contributed by atoms with Crippen LogP contribution in [0.4, 0.5) is 28.4 Å². The van der Waals surface area contributed by atoms with Crippen LogP contribution in [-0.2, 0) is 6.42 Å². The van der Waals surface area contributed by atoms with Gasteiger partial charge < -0.3 is 9.80 Å². The summed E-state index contributed by atoms with van der Waals surface area (Å²) in [5, 5.41) is 7.37. The number of anilines is 5. The SMILES string of the molecule is C1=C(N(c2ccc(-c3ccc(N(c4cccc5ccccc45)c4cccc5ccccc45)cc3)cc2)c2cccc3ccccc23)c2ccccc2CC1. The molecule has 0 radical (unpaired) electrons. The highest BCUT2D eigenvalue weighted by atomic mass is 15.2. The van der Waals surface area contributed by atoms with Gasteiger partial charge in [-0.1, -0.05) is 164 Å². The number of rotatable bonds is 7. The molecule has 0 bridgehead atoms. The van der Waals surface area contributed by atoms with Crippen LogP contribution in [-0.4, -0.2) is 0 Å². The van der Waals surface area contributed by atoms with E-state index in [1.807, 2.05) is 0 Å².